The normalized spacial score (nSPS) is 30.4. The van der Waals surface area contributed by atoms with Crippen molar-refractivity contribution in [3.05, 3.63) is 10.4 Å². The zero-order valence-corrected chi connectivity index (χ0v) is 10.4. The quantitative estimate of drug-likeness (QED) is 0.250. The molecule has 2 amide bonds. The average Bonchev–Trinajstić information content (AvgIpc) is 2.83. The lowest BCUT2D eigenvalue weighted by molar-refractivity contribution is 0.247. The Morgan fingerprint density at radius 1 is 1.41 bits per heavy atom. The van der Waals surface area contributed by atoms with Crippen LogP contribution < -0.4 is 10.6 Å². The van der Waals surface area contributed by atoms with Crippen molar-refractivity contribution >= 4 is 17.8 Å². The maximum Gasteiger partial charge on any atom is 0.315 e. The number of unbranched alkanes of at least 4 members (excludes halogenated alkanes) is 2. The van der Waals surface area contributed by atoms with E-state index in [1.54, 1.807) is 0 Å². The smallest absolute Gasteiger partial charge is 0.315 e. The van der Waals surface area contributed by atoms with Crippen LogP contribution >= 0.6 is 11.8 Å². The number of nitrogens with zero attached hydrogens (tertiary/aromatic N) is 3. The number of thioether (sulfide) groups is 1. The van der Waals surface area contributed by atoms with E-state index in [2.05, 4.69) is 20.7 Å². The first-order valence-corrected chi connectivity index (χ1v) is 7.05. The van der Waals surface area contributed by atoms with Gasteiger partial charge in [-0.05, 0) is 18.4 Å². The molecule has 0 spiro atoms. The molecule has 0 saturated carbocycles. The predicted octanol–water partition coefficient (Wildman–Crippen LogP) is 2.02. The number of amides is 2. The second kappa shape index (κ2) is 6.02. The molecule has 2 aliphatic heterocycles. The standard InChI is InChI=1S/C10H17N5OS/c11-15-12-5-3-1-2-4-8-9-7(6-17-8)13-10(16)14-9/h7-9H,1-6H2,(H2,13,14,16)/t7-,8-,9-/m0/s1. The number of rotatable bonds is 6. The van der Waals surface area contributed by atoms with E-state index in [1.807, 2.05) is 11.8 Å². The molecule has 2 aliphatic rings. The number of azide groups is 1. The van der Waals surface area contributed by atoms with Crippen molar-refractivity contribution in [1.29, 1.82) is 0 Å². The molecule has 0 radical (unpaired) electrons. The Kier molecular flexibility index (Phi) is 4.39. The van der Waals surface area contributed by atoms with Crippen LogP contribution in [0.5, 0.6) is 0 Å². The van der Waals surface area contributed by atoms with Crippen LogP contribution in [-0.2, 0) is 0 Å². The highest BCUT2D eigenvalue weighted by Gasteiger charge is 2.42. The van der Waals surface area contributed by atoms with Gasteiger partial charge in [-0.1, -0.05) is 18.0 Å². The third-order valence-corrected chi connectivity index (χ3v) is 4.76. The van der Waals surface area contributed by atoms with Crippen molar-refractivity contribution in [3.63, 3.8) is 0 Å². The highest BCUT2D eigenvalue weighted by atomic mass is 32.2. The number of urea groups is 1. The molecule has 2 heterocycles. The van der Waals surface area contributed by atoms with Gasteiger partial charge in [-0.15, -0.1) is 0 Å². The molecule has 0 aromatic carbocycles. The molecule has 0 aliphatic carbocycles. The molecule has 2 rings (SSSR count). The Balaban J connectivity index is 1.63. The third-order valence-electron chi connectivity index (χ3n) is 3.25. The van der Waals surface area contributed by atoms with E-state index < -0.39 is 0 Å². The van der Waals surface area contributed by atoms with Crippen LogP contribution in [0, 0.1) is 0 Å². The summed E-state index contributed by atoms with van der Waals surface area (Å²) in [4.78, 5) is 13.9. The summed E-state index contributed by atoms with van der Waals surface area (Å²) in [6.07, 6.45) is 4.32. The minimum Gasteiger partial charge on any atom is -0.332 e. The molecule has 2 saturated heterocycles. The Labute approximate surface area is 105 Å². The summed E-state index contributed by atoms with van der Waals surface area (Å²) in [5, 5.41) is 9.98. The topological polar surface area (TPSA) is 89.9 Å². The van der Waals surface area contributed by atoms with Crippen LogP contribution in [0.2, 0.25) is 0 Å². The number of carbonyl (C=O) groups is 1. The van der Waals surface area contributed by atoms with Crippen molar-refractivity contribution in [3.8, 4) is 0 Å². The van der Waals surface area contributed by atoms with Crippen LogP contribution in [0.25, 0.3) is 10.4 Å². The lowest BCUT2D eigenvalue weighted by Gasteiger charge is -2.16. The van der Waals surface area contributed by atoms with Gasteiger partial charge in [0.05, 0.1) is 12.1 Å². The summed E-state index contributed by atoms with van der Waals surface area (Å²) < 4.78 is 0. The van der Waals surface area contributed by atoms with Gasteiger partial charge in [0.1, 0.15) is 0 Å². The minimum atomic E-state index is -0.0198. The lowest BCUT2D eigenvalue weighted by atomic mass is 10.0. The Morgan fingerprint density at radius 3 is 3.12 bits per heavy atom. The molecule has 2 N–H and O–H groups in total. The zero-order valence-electron chi connectivity index (χ0n) is 9.63. The van der Waals surface area contributed by atoms with Gasteiger partial charge in [0, 0.05) is 22.5 Å². The van der Waals surface area contributed by atoms with E-state index >= 15 is 0 Å². The fraction of sp³-hybridized carbons (Fsp3) is 0.900. The first-order chi connectivity index (χ1) is 8.31. The minimum absolute atomic E-state index is 0.0198. The lowest BCUT2D eigenvalue weighted by Crippen LogP contribution is -2.36. The van der Waals surface area contributed by atoms with E-state index in [9.17, 15) is 4.79 Å². The second-order valence-corrected chi connectivity index (χ2v) is 5.70. The van der Waals surface area contributed by atoms with Crippen molar-refractivity contribution in [2.45, 2.75) is 43.0 Å². The van der Waals surface area contributed by atoms with Crippen LogP contribution in [0.4, 0.5) is 4.79 Å². The molecular weight excluding hydrogens is 238 g/mol. The zero-order chi connectivity index (χ0) is 12.1. The molecule has 3 atom stereocenters. The van der Waals surface area contributed by atoms with Gasteiger partial charge in [-0.3, -0.25) is 0 Å². The third kappa shape index (κ3) is 3.20. The summed E-state index contributed by atoms with van der Waals surface area (Å²) in [6.45, 7) is 0.596. The number of hydrogen-bond donors (Lipinski definition) is 2. The Hall–Kier alpha value is -1.07. The molecule has 0 unspecified atom stereocenters. The summed E-state index contributed by atoms with van der Waals surface area (Å²) in [6, 6.07) is 0.610. The van der Waals surface area contributed by atoms with Gasteiger partial charge >= 0.3 is 6.03 Å². The molecule has 6 nitrogen and oxygen atoms in total. The summed E-state index contributed by atoms with van der Waals surface area (Å²) in [7, 11) is 0. The Bertz CT molecular complexity index is 331. The van der Waals surface area contributed by atoms with Crippen molar-refractivity contribution in [2.75, 3.05) is 12.3 Å². The number of nitrogens with one attached hydrogen (secondary N) is 2. The van der Waals surface area contributed by atoms with E-state index in [4.69, 9.17) is 5.53 Å². The summed E-state index contributed by atoms with van der Waals surface area (Å²) in [5.74, 6) is 1.02. The molecule has 0 aromatic rings. The van der Waals surface area contributed by atoms with E-state index in [0.29, 0.717) is 23.9 Å². The van der Waals surface area contributed by atoms with Crippen LogP contribution in [0.3, 0.4) is 0 Å². The molecule has 0 bridgehead atoms. The van der Waals surface area contributed by atoms with Gasteiger partial charge in [0.25, 0.3) is 0 Å². The molecule has 94 valence electrons. The summed E-state index contributed by atoms with van der Waals surface area (Å²) in [5.41, 5.74) is 8.13. The van der Waals surface area contributed by atoms with Crippen molar-refractivity contribution < 1.29 is 4.79 Å². The van der Waals surface area contributed by atoms with Crippen LogP contribution in [0.15, 0.2) is 5.11 Å². The van der Waals surface area contributed by atoms with Crippen molar-refractivity contribution in [1.82, 2.24) is 10.6 Å². The molecule has 7 heteroatoms. The summed E-state index contributed by atoms with van der Waals surface area (Å²) >= 11 is 1.95. The number of hydrogen-bond acceptors (Lipinski definition) is 3. The van der Waals surface area contributed by atoms with Crippen LogP contribution in [-0.4, -0.2) is 35.7 Å². The largest absolute Gasteiger partial charge is 0.332 e. The fourth-order valence-corrected chi connectivity index (χ4v) is 3.94. The fourth-order valence-electron chi connectivity index (χ4n) is 2.39. The van der Waals surface area contributed by atoms with Gasteiger partial charge < -0.3 is 10.6 Å². The predicted molar refractivity (Wildman–Crippen MR) is 68.0 cm³/mol. The van der Waals surface area contributed by atoms with E-state index in [1.165, 1.54) is 0 Å². The van der Waals surface area contributed by atoms with Gasteiger partial charge in [0.2, 0.25) is 0 Å². The van der Waals surface area contributed by atoms with Gasteiger partial charge in [-0.25, -0.2) is 4.79 Å². The Morgan fingerprint density at radius 2 is 2.29 bits per heavy atom. The van der Waals surface area contributed by atoms with Gasteiger partial charge in [-0.2, -0.15) is 11.8 Å². The monoisotopic (exact) mass is 255 g/mol. The van der Waals surface area contributed by atoms with Crippen LogP contribution in [0.1, 0.15) is 25.7 Å². The van der Waals surface area contributed by atoms with Gasteiger partial charge in [0.15, 0.2) is 0 Å². The molecule has 0 aromatic heterocycles. The number of fused-ring (bicyclic) bond motifs is 1. The molecule has 2 fully saturated rings. The SMILES string of the molecule is [N-]=[N+]=NCCCCC[C@@H]1SC[C@@H]2NC(=O)N[C@@H]21. The van der Waals surface area contributed by atoms with E-state index in [0.717, 1.165) is 31.4 Å². The maximum atomic E-state index is 11.2. The highest BCUT2D eigenvalue weighted by molar-refractivity contribution is 8.00. The van der Waals surface area contributed by atoms with E-state index in [-0.39, 0.29) is 6.03 Å². The number of carbonyl (C=O) groups excluding carboxylic acids is 1. The maximum absolute atomic E-state index is 11.2. The average molecular weight is 255 g/mol. The first-order valence-electron chi connectivity index (χ1n) is 6.01. The molecule has 17 heavy (non-hydrogen) atoms. The molecular formula is C10H17N5OS. The highest BCUT2D eigenvalue weighted by Crippen LogP contribution is 2.33. The van der Waals surface area contributed by atoms with Crippen molar-refractivity contribution in [2.24, 2.45) is 5.11 Å². The first kappa shape index (κ1) is 12.4. The second-order valence-electron chi connectivity index (χ2n) is 4.43.